The van der Waals surface area contributed by atoms with Gasteiger partial charge in [0, 0.05) is 6.26 Å². The largest absolute Gasteiger partial charge is 0.378 e. The van der Waals surface area contributed by atoms with Crippen LogP contribution in [0.4, 0.5) is 5.82 Å². The number of unbranched alkanes of at least 4 members (excludes halogenated alkanes) is 4. The number of halogens is 1. The maximum Gasteiger partial charge on any atom is 0.233 e. The Labute approximate surface area is 217 Å². The van der Waals surface area contributed by atoms with Crippen LogP contribution in [-0.4, -0.2) is 37.0 Å². The Bertz CT molecular complexity index is 1020. The highest BCUT2D eigenvalue weighted by molar-refractivity contribution is 7.84. The normalized spacial score (nSPS) is 12.5. The second-order valence-corrected chi connectivity index (χ2v) is 10.2. The zero-order valence-corrected chi connectivity index (χ0v) is 23.2. The van der Waals surface area contributed by atoms with Crippen molar-refractivity contribution in [1.29, 1.82) is 0 Å². The van der Waals surface area contributed by atoms with E-state index in [2.05, 4.69) is 34.0 Å². The Morgan fingerprint density at radius 2 is 1.86 bits per heavy atom. The number of nitrogens with zero attached hydrogens (tertiary/aromatic N) is 2. The van der Waals surface area contributed by atoms with Gasteiger partial charge in [0.25, 0.3) is 0 Å². The van der Waals surface area contributed by atoms with Crippen LogP contribution in [0, 0.1) is 11.8 Å². The molecule has 1 aromatic carbocycles. The molecule has 0 radical (unpaired) electrons. The van der Waals surface area contributed by atoms with Crippen molar-refractivity contribution in [2.45, 2.75) is 89.6 Å². The van der Waals surface area contributed by atoms with Gasteiger partial charge in [0.1, 0.15) is 11.3 Å². The van der Waals surface area contributed by atoms with E-state index in [4.69, 9.17) is 11.6 Å². The molecule has 2 rings (SSSR count). The Hall–Kier alpha value is -2.27. The van der Waals surface area contributed by atoms with Crippen LogP contribution in [0.15, 0.2) is 35.5 Å². The van der Waals surface area contributed by atoms with Crippen LogP contribution >= 0.6 is 11.6 Å². The monoisotopic (exact) mass is 519 g/mol. The number of hydrogen-bond acceptors (Lipinski definition) is 5. The van der Waals surface area contributed by atoms with Crippen LogP contribution in [-0.2, 0) is 15.6 Å². The van der Waals surface area contributed by atoms with E-state index in [1.165, 1.54) is 18.8 Å². The van der Waals surface area contributed by atoms with Gasteiger partial charge in [-0.15, -0.1) is 0 Å². The quantitative estimate of drug-likeness (QED) is 0.292. The van der Waals surface area contributed by atoms with Gasteiger partial charge in [-0.2, -0.15) is 0 Å². The zero-order chi connectivity index (χ0) is 26.4. The molecule has 2 N–H and O–H groups in total. The number of carbonyl (C=O) groups excluding carboxylic acids is 1. The molecule has 1 aromatic heterocycles. The van der Waals surface area contributed by atoms with Gasteiger partial charge in [-0.1, -0.05) is 76.5 Å². The third-order valence-corrected chi connectivity index (χ3v) is 6.38. The zero-order valence-electron chi connectivity index (χ0n) is 21.7. The molecule has 2 aromatic rings. The fraction of sp³-hybridized carbons (Fsp3) is 0.519. The lowest BCUT2D eigenvalue weighted by Crippen LogP contribution is -2.22. The molecule has 2 atom stereocenters. The predicted molar refractivity (Wildman–Crippen MR) is 145 cm³/mol. The van der Waals surface area contributed by atoms with Crippen molar-refractivity contribution in [3.8, 4) is 11.8 Å². The number of carbonyl (C=O) groups is 1. The van der Waals surface area contributed by atoms with E-state index in [1.807, 2.05) is 19.9 Å². The Morgan fingerprint density at radius 1 is 1.17 bits per heavy atom. The van der Waals surface area contributed by atoms with E-state index in [9.17, 15) is 14.1 Å². The average molecular weight is 520 g/mol. The van der Waals surface area contributed by atoms with Crippen LogP contribution in [0.2, 0.25) is 5.02 Å². The van der Waals surface area contributed by atoms with Gasteiger partial charge in [-0.3, -0.25) is 9.00 Å². The third kappa shape index (κ3) is 11.3. The topological polar surface area (TPSA) is 92.2 Å². The van der Waals surface area contributed by atoms with Crippen molar-refractivity contribution in [2.24, 2.45) is 0 Å². The molecule has 0 aliphatic rings. The number of benzene rings is 1. The number of nitrogens with one attached hydrogen (secondary N) is 1. The van der Waals surface area contributed by atoms with Crippen molar-refractivity contribution < 1.29 is 14.1 Å². The number of hydrogen-bond donors (Lipinski definition) is 2. The highest BCUT2D eigenvalue weighted by atomic mass is 35.5. The molecule has 1 amide bonds. The fourth-order valence-corrected chi connectivity index (χ4v) is 4.36. The van der Waals surface area contributed by atoms with Crippen molar-refractivity contribution in [3.63, 3.8) is 0 Å². The molecular formula is C27H38ClN3O3S. The summed E-state index contributed by atoms with van der Waals surface area (Å²) in [5, 5.41) is 12.9. The highest BCUT2D eigenvalue weighted by Crippen LogP contribution is 2.29. The van der Waals surface area contributed by atoms with Crippen LogP contribution in [0.1, 0.15) is 90.3 Å². The van der Waals surface area contributed by atoms with Gasteiger partial charge >= 0.3 is 0 Å². The Kier molecular flexibility index (Phi) is 13.8. The first-order chi connectivity index (χ1) is 16.6. The Morgan fingerprint density at radius 3 is 2.40 bits per heavy atom. The molecule has 0 saturated carbocycles. The summed E-state index contributed by atoms with van der Waals surface area (Å²) in [5.74, 6) is 5.14. The van der Waals surface area contributed by atoms with Gasteiger partial charge in [-0.05, 0) is 43.9 Å². The van der Waals surface area contributed by atoms with Crippen LogP contribution in [0.3, 0.4) is 0 Å². The summed E-state index contributed by atoms with van der Waals surface area (Å²) < 4.78 is 11.8. The molecule has 2 unspecified atom stereocenters. The summed E-state index contributed by atoms with van der Waals surface area (Å²) in [6.45, 7) is 9.34. The predicted octanol–water partition coefficient (Wildman–Crippen LogP) is 6.10. The maximum absolute atomic E-state index is 13.2. The molecule has 1 heterocycles. The number of rotatable bonds is 10. The molecule has 0 aliphatic carbocycles. The van der Waals surface area contributed by atoms with Gasteiger partial charge in [0.2, 0.25) is 5.91 Å². The van der Waals surface area contributed by atoms with Crippen molar-refractivity contribution in [3.05, 3.63) is 46.9 Å². The maximum atomic E-state index is 13.2. The minimum atomic E-state index is -1.20. The van der Waals surface area contributed by atoms with Gasteiger partial charge < -0.3 is 10.4 Å². The summed E-state index contributed by atoms with van der Waals surface area (Å²) in [4.78, 5) is 22.1. The summed E-state index contributed by atoms with van der Waals surface area (Å²) in [6.07, 6.45) is 10.6. The van der Waals surface area contributed by atoms with Crippen molar-refractivity contribution in [1.82, 2.24) is 9.97 Å². The summed E-state index contributed by atoms with van der Waals surface area (Å²) in [7, 11) is -1.20. The Balaban J connectivity index is 0.00000298. The second-order valence-electron chi connectivity index (χ2n) is 8.48. The first-order valence-corrected chi connectivity index (χ1v) is 14.1. The first kappa shape index (κ1) is 30.8. The molecule has 0 bridgehead atoms. The van der Waals surface area contributed by atoms with E-state index < -0.39 is 22.3 Å². The third-order valence-electron chi connectivity index (χ3n) is 4.98. The lowest BCUT2D eigenvalue weighted by atomic mass is 9.92. The van der Waals surface area contributed by atoms with Crippen molar-refractivity contribution in [2.75, 3.05) is 11.6 Å². The standard InChI is InChI=1S/C25H32ClN3O3S.C2H6/c1-5-6-7-8-9-10-20(18-11-12-22(33(4)32)21(26)15-18)24(30)29-23-17-27-19(16-28-23)13-14-25(2,3)31;1-2/h11-12,15-17,20,31H,5-10H2,1-4H3,(H,28,29,30);1-2H3. The van der Waals surface area contributed by atoms with E-state index in [-0.39, 0.29) is 5.91 Å². The smallest absolute Gasteiger partial charge is 0.233 e. The van der Waals surface area contributed by atoms with Gasteiger partial charge in [-0.25, -0.2) is 9.97 Å². The summed E-state index contributed by atoms with van der Waals surface area (Å²) in [6, 6.07) is 5.27. The lowest BCUT2D eigenvalue weighted by molar-refractivity contribution is -0.117. The van der Waals surface area contributed by atoms with Crippen LogP contribution < -0.4 is 5.32 Å². The number of anilines is 1. The number of amides is 1. The summed E-state index contributed by atoms with van der Waals surface area (Å²) >= 11 is 6.34. The van der Waals surface area contributed by atoms with E-state index >= 15 is 0 Å². The number of aromatic nitrogens is 2. The van der Waals surface area contributed by atoms with Crippen LogP contribution in [0.25, 0.3) is 0 Å². The molecule has 6 nitrogen and oxygen atoms in total. The molecule has 0 saturated heterocycles. The van der Waals surface area contributed by atoms with E-state index in [0.717, 1.165) is 31.2 Å². The van der Waals surface area contributed by atoms with Gasteiger partial charge in [0.05, 0.1) is 39.0 Å². The SMILES string of the molecule is CC.CCCCCCCC(C(=O)Nc1cnc(C#CC(C)(C)O)cn1)c1ccc(S(C)=O)c(Cl)c1. The molecule has 35 heavy (non-hydrogen) atoms. The minimum absolute atomic E-state index is 0.198. The molecule has 0 fully saturated rings. The van der Waals surface area contributed by atoms with Crippen LogP contribution in [0.5, 0.6) is 0 Å². The molecule has 192 valence electrons. The lowest BCUT2D eigenvalue weighted by Gasteiger charge is -2.18. The molecule has 8 heteroatoms. The first-order valence-electron chi connectivity index (χ1n) is 12.1. The summed E-state index contributed by atoms with van der Waals surface area (Å²) in [5.41, 5.74) is 0.0560. The highest BCUT2D eigenvalue weighted by Gasteiger charge is 2.22. The fourth-order valence-electron chi connectivity index (χ4n) is 3.26. The molecule has 0 spiro atoms. The minimum Gasteiger partial charge on any atom is -0.378 e. The van der Waals surface area contributed by atoms with Crippen molar-refractivity contribution >= 4 is 34.1 Å². The van der Waals surface area contributed by atoms with Gasteiger partial charge in [0.15, 0.2) is 5.82 Å². The second kappa shape index (κ2) is 15.7. The number of aliphatic hydroxyl groups is 1. The van der Waals surface area contributed by atoms with E-state index in [1.54, 1.807) is 32.2 Å². The average Bonchev–Trinajstić information content (AvgIpc) is 2.81. The van der Waals surface area contributed by atoms with E-state index in [0.29, 0.717) is 27.9 Å². The molecule has 0 aliphatic heterocycles. The molecular weight excluding hydrogens is 482 g/mol.